The van der Waals surface area contributed by atoms with Crippen molar-refractivity contribution >= 4 is 6.03 Å². The molecule has 166 valence electrons. The number of carbonyl (C=O) groups excluding carboxylic acids is 1. The average Bonchev–Trinajstić information content (AvgIpc) is 2.74. The summed E-state index contributed by atoms with van der Waals surface area (Å²) in [6, 6.07) is 9.63. The van der Waals surface area contributed by atoms with E-state index in [1.165, 1.54) is 32.1 Å². The van der Waals surface area contributed by atoms with Crippen molar-refractivity contribution in [1.82, 2.24) is 5.32 Å². The van der Waals surface area contributed by atoms with Gasteiger partial charge >= 0.3 is 6.03 Å². The van der Waals surface area contributed by atoms with Gasteiger partial charge in [-0.2, -0.15) is 0 Å². The lowest BCUT2D eigenvalue weighted by Gasteiger charge is -2.41. The number of hydrogen-bond donors (Lipinski definition) is 2. The molecule has 1 atom stereocenters. The Labute approximate surface area is 177 Å². The van der Waals surface area contributed by atoms with Crippen LogP contribution in [0.25, 0.3) is 0 Å². The highest BCUT2D eigenvalue weighted by atomic mass is 16.7. The van der Waals surface area contributed by atoms with Crippen molar-refractivity contribution in [3.05, 3.63) is 35.9 Å². The molecule has 0 aliphatic rings. The molecule has 0 bridgehead atoms. The van der Waals surface area contributed by atoms with Crippen molar-refractivity contribution in [3.8, 4) is 0 Å². The van der Waals surface area contributed by atoms with Gasteiger partial charge in [-0.1, -0.05) is 89.6 Å². The van der Waals surface area contributed by atoms with Crippen LogP contribution >= 0.6 is 0 Å². The van der Waals surface area contributed by atoms with Gasteiger partial charge in [-0.25, -0.2) is 4.79 Å². The molecule has 0 aromatic heterocycles. The Morgan fingerprint density at radius 3 is 2.07 bits per heavy atom. The van der Waals surface area contributed by atoms with E-state index < -0.39 is 11.8 Å². The molecule has 0 aliphatic carbocycles. The van der Waals surface area contributed by atoms with Gasteiger partial charge in [0.2, 0.25) is 0 Å². The van der Waals surface area contributed by atoms with E-state index in [9.17, 15) is 4.79 Å². The minimum atomic E-state index is -0.876. The van der Waals surface area contributed by atoms with Crippen LogP contribution in [0.5, 0.6) is 0 Å². The van der Waals surface area contributed by atoms with Gasteiger partial charge in [0.25, 0.3) is 0 Å². The third-order valence-corrected chi connectivity index (χ3v) is 5.18. The van der Waals surface area contributed by atoms with Crippen molar-refractivity contribution in [2.24, 2.45) is 11.7 Å². The molecule has 0 fully saturated rings. The lowest BCUT2D eigenvalue weighted by molar-refractivity contribution is -0.278. The predicted octanol–water partition coefficient (Wildman–Crippen LogP) is 5.73. The van der Waals surface area contributed by atoms with Crippen LogP contribution in [-0.4, -0.2) is 25.8 Å². The summed E-state index contributed by atoms with van der Waals surface area (Å²) in [4.78, 5) is 11.5. The first-order valence-electron chi connectivity index (χ1n) is 11.5. The number of primary amides is 1. The van der Waals surface area contributed by atoms with Gasteiger partial charge in [-0.3, -0.25) is 0 Å². The first kappa shape index (κ1) is 25.4. The number of urea groups is 1. The molecule has 0 saturated heterocycles. The summed E-state index contributed by atoms with van der Waals surface area (Å²) in [5.74, 6) is -0.888. The Morgan fingerprint density at radius 2 is 1.52 bits per heavy atom. The van der Waals surface area contributed by atoms with E-state index in [1.54, 1.807) is 0 Å². The number of ether oxygens (including phenoxy) is 2. The zero-order chi connectivity index (χ0) is 21.4. The monoisotopic (exact) mass is 406 g/mol. The lowest BCUT2D eigenvalue weighted by atomic mass is 9.86. The Morgan fingerprint density at radius 1 is 0.931 bits per heavy atom. The van der Waals surface area contributed by atoms with Crippen LogP contribution in [-0.2, 0) is 15.3 Å². The third-order valence-electron chi connectivity index (χ3n) is 5.18. The average molecular weight is 407 g/mol. The van der Waals surface area contributed by atoms with Crippen LogP contribution in [0.4, 0.5) is 4.79 Å². The van der Waals surface area contributed by atoms with Gasteiger partial charge in [0.1, 0.15) is 0 Å². The van der Waals surface area contributed by atoms with Crippen molar-refractivity contribution in [2.45, 2.75) is 84.3 Å². The number of nitrogens with two attached hydrogens (primary N) is 1. The molecule has 0 aliphatic heterocycles. The molecule has 0 saturated carbocycles. The number of unbranched alkanes of at least 4 members (excludes halogenated alkanes) is 5. The van der Waals surface area contributed by atoms with Gasteiger partial charge in [-0.15, -0.1) is 0 Å². The van der Waals surface area contributed by atoms with E-state index in [4.69, 9.17) is 15.2 Å². The van der Waals surface area contributed by atoms with Gasteiger partial charge in [-0.05, 0) is 19.3 Å². The van der Waals surface area contributed by atoms with Crippen molar-refractivity contribution < 1.29 is 14.3 Å². The SMILES string of the molecule is CCCCCCCCC(CNC(N)=O)C(OCCC)(OCCC)c1ccccc1. The van der Waals surface area contributed by atoms with Crippen LogP contribution in [0, 0.1) is 5.92 Å². The van der Waals surface area contributed by atoms with E-state index in [2.05, 4.69) is 38.2 Å². The fourth-order valence-electron chi connectivity index (χ4n) is 3.68. The maximum atomic E-state index is 11.5. The topological polar surface area (TPSA) is 73.6 Å². The standard InChI is InChI=1S/C24H42N2O3/c1-4-7-8-9-10-12-17-22(20-26-23(25)27)24(28-18-5-2,29-19-6-3)21-15-13-11-14-16-21/h11,13-16,22H,4-10,12,17-20H2,1-3H3,(H3,25,26,27). The van der Waals surface area contributed by atoms with E-state index in [0.29, 0.717) is 19.8 Å². The second-order valence-corrected chi connectivity index (χ2v) is 7.73. The summed E-state index contributed by atoms with van der Waals surface area (Å²) in [6.07, 6.45) is 10.0. The van der Waals surface area contributed by atoms with E-state index in [0.717, 1.165) is 31.2 Å². The normalized spacial score (nSPS) is 12.7. The van der Waals surface area contributed by atoms with Crippen LogP contribution in [0.2, 0.25) is 0 Å². The highest BCUT2D eigenvalue weighted by Crippen LogP contribution is 2.38. The van der Waals surface area contributed by atoms with Crippen molar-refractivity contribution in [1.29, 1.82) is 0 Å². The predicted molar refractivity (Wildman–Crippen MR) is 120 cm³/mol. The molecule has 1 aromatic carbocycles. The fourth-order valence-corrected chi connectivity index (χ4v) is 3.68. The van der Waals surface area contributed by atoms with Crippen LogP contribution in [0.3, 0.4) is 0 Å². The molecular weight excluding hydrogens is 364 g/mol. The zero-order valence-electron chi connectivity index (χ0n) is 18.8. The van der Waals surface area contributed by atoms with E-state index in [1.807, 2.05) is 18.2 Å². The molecule has 3 N–H and O–H groups in total. The summed E-state index contributed by atoms with van der Waals surface area (Å²) in [5, 5.41) is 2.81. The van der Waals surface area contributed by atoms with Gasteiger partial charge in [0.15, 0.2) is 5.79 Å². The molecule has 5 heteroatoms. The van der Waals surface area contributed by atoms with E-state index >= 15 is 0 Å². The molecule has 1 rings (SSSR count). The van der Waals surface area contributed by atoms with Crippen LogP contribution < -0.4 is 11.1 Å². The Bertz CT molecular complexity index is 528. The third kappa shape index (κ3) is 9.18. The smallest absolute Gasteiger partial charge is 0.312 e. The molecule has 0 radical (unpaired) electrons. The van der Waals surface area contributed by atoms with Gasteiger partial charge < -0.3 is 20.5 Å². The van der Waals surface area contributed by atoms with Crippen LogP contribution in [0.1, 0.15) is 84.1 Å². The number of amides is 2. The molecule has 1 aromatic rings. The molecule has 0 heterocycles. The Hall–Kier alpha value is -1.59. The van der Waals surface area contributed by atoms with Crippen LogP contribution in [0.15, 0.2) is 30.3 Å². The molecule has 29 heavy (non-hydrogen) atoms. The fraction of sp³-hybridized carbons (Fsp3) is 0.708. The zero-order valence-corrected chi connectivity index (χ0v) is 18.8. The molecule has 0 spiro atoms. The Kier molecular flexibility index (Phi) is 13.4. The minimum Gasteiger partial charge on any atom is -0.352 e. The summed E-state index contributed by atoms with van der Waals surface area (Å²) >= 11 is 0. The maximum absolute atomic E-state index is 11.5. The largest absolute Gasteiger partial charge is 0.352 e. The van der Waals surface area contributed by atoms with Crippen molar-refractivity contribution in [3.63, 3.8) is 0 Å². The van der Waals surface area contributed by atoms with Crippen molar-refractivity contribution in [2.75, 3.05) is 19.8 Å². The second kappa shape index (κ2) is 15.3. The first-order valence-corrected chi connectivity index (χ1v) is 11.5. The number of rotatable bonds is 17. The summed E-state index contributed by atoms with van der Waals surface area (Å²) < 4.78 is 12.9. The number of carbonyl (C=O) groups is 1. The number of benzene rings is 1. The lowest BCUT2D eigenvalue weighted by Crippen LogP contribution is -2.47. The van der Waals surface area contributed by atoms with Gasteiger partial charge in [0.05, 0.1) is 13.2 Å². The number of hydrogen-bond acceptors (Lipinski definition) is 3. The summed E-state index contributed by atoms with van der Waals surface area (Å²) in [6.45, 7) is 8.06. The maximum Gasteiger partial charge on any atom is 0.312 e. The molecule has 2 amide bonds. The molecular formula is C24H42N2O3. The minimum absolute atomic E-state index is 0.0123. The highest BCUT2D eigenvalue weighted by Gasteiger charge is 2.42. The van der Waals surface area contributed by atoms with Gasteiger partial charge in [0, 0.05) is 18.0 Å². The summed E-state index contributed by atoms with van der Waals surface area (Å²) in [7, 11) is 0. The highest BCUT2D eigenvalue weighted by molar-refractivity contribution is 5.71. The van der Waals surface area contributed by atoms with E-state index in [-0.39, 0.29) is 5.92 Å². The molecule has 5 nitrogen and oxygen atoms in total. The first-order chi connectivity index (χ1) is 14.1. The quantitative estimate of drug-likeness (QED) is 0.256. The summed E-state index contributed by atoms with van der Waals surface area (Å²) in [5.41, 5.74) is 6.40. The molecule has 1 unspecified atom stereocenters. The number of nitrogens with one attached hydrogen (secondary N) is 1. The Balaban J connectivity index is 3.08. The second-order valence-electron chi connectivity index (χ2n) is 7.73.